The number of hydrogen-bond acceptors (Lipinski definition) is 8. The van der Waals surface area contributed by atoms with Crippen LogP contribution in [0.3, 0.4) is 0 Å². The summed E-state index contributed by atoms with van der Waals surface area (Å²) in [7, 11) is -1.10. The Bertz CT molecular complexity index is 1770. The summed E-state index contributed by atoms with van der Waals surface area (Å²) in [6.45, 7) is 13.4. The van der Waals surface area contributed by atoms with Crippen LogP contribution in [-0.2, 0) is 39.2 Å². The molecule has 4 fully saturated rings. The molecule has 8 rings (SSSR count). The van der Waals surface area contributed by atoms with Gasteiger partial charge in [0, 0.05) is 49.4 Å². The lowest BCUT2D eigenvalue weighted by atomic mass is 9.86. The highest BCUT2D eigenvalue weighted by Crippen LogP contribution is 2.58. The number of nitrogens with one attached hydrogen (secondary N) is 2. The van der Waals surface area contributed by atoms with Crippen LogP contribution in [0.4, 0.5) is 11.4 Å². The second-order valence-electron chi connectivity index (χ2n) is 16.5. The van der Waals surface area contributed by atoms with Crippen LogP contribution in [0.5, 0.6) is 0 Å². The second kappa shape index (κ2) is 12.9. The minimum atomic E-state index is -2.26. The van der Waals surface area contributed by atoms with Crippen molar-refractivity contribution in [1.82, 2.24) is 19.6 Å². The van der Waals surface area contributed by atoms with Gasteiger partial charge in [0.25, 0.3) is 0 Å². The van der Waals surface area contributed by atoms with Gasteiger partial charge >= 0.3 is 0 Å². The summed E-state index contributed by atoms with van der Waals surface area (Å²) in [5.41, 5.74) is 4.07. The highest BCUT2D eigenvalue weighted by atomic mass is 28.4. The molecule has 4 saturated heterocycles. The highest BCUT2D eigenvalue weighted by Gasteiger charge is 2.66. The van der Waals surface area contributed by atoms with Crippen LogP contribution in [0.2, 0.25) is 36.3 Å². The number of piperazine rings is 2. The lowest BCUT2D eigenvalue weighted by molar-refractivity contribution is -0.153. The van der Waals surface area contributed by atoms with Crippen LogP contribution in [0.15, 0.2) is 36.4 Å². The molecule has 0 bridgehead atoms. The first-order valence-electron chi connectivity index (χ1n) is 20.1. The molecule has 14 heteroatoms. The molecule has 0 spiro atoms. The number of carbonyl (C=O) groups excluding carboxylic acids is 4. The number of carbonyl (C=O) groups is 4. The third-order valence-corrected chi connectivity index (χ3v) is 23.6. The summed E-state index contributed by atoms with van der Waals surface area (Å²) in [6.07, 6.45) is -0.141. The second-order valence-corrected chi connectivity index (χ2v) is 25.9. The Balaban J connectivity index is 1.25. The van der Waals surface area contributed by atoms with Crippen molar-refractivity contribution >= 4 is 51.6 Å². The van der Waals surface area contributed by atoms with Gasteiger partial charge in [-0.1, -0.05) is 53.7 Å². The molecular formula is C40H56N6O6Si2. The molecule has 6 aliphatic rings. The van der Waals surface area contributed by atoms with Crippen LogP contribution < -0.4 is 10.6 Å². The van der Waals surface area contributed by atoms with Gasteiger partial charge in [0.05, 0.1) is 13.1 Å². The van der Waals surface area contributed by atoms with Crippen molar-refractivity contribution in [3.05, 3.63) is 47.5 Å². The van der Waals surface area contributed by atoms with Crippen LogP contribution in [0, 0.1) is 0 Å². The average molecular weight is 773 g/mol. The van der Waals surface area contributed by atoms with Crippen LogP contribution in [0.1, 0.15) is 65.5 Å². The Morgan fingerprint density at radius 2 is 0.963 bits per heavy atom. The van der Waals surface area contributed by atoms with Gasteiger partial charge in [-0.05, 0) is 71.7 Å². The standard InChI is InChI=1S/C40H56N6O6Si2/c1-9-53(10-2,11-3)51-39-21-31-35(49)43(7)23-33(47)45(31)37(39)41-29-17-15-25(19-27(29)39)26-16-18-30-28(20-26)40(52-54(12-4,13-5)14-6)22-32-36(50)44(8)24-34(48)46(32)38(40)42-30/h15-20,31-32,37-38,41-42H,9-14,21-24H2,1-8H3/t31-,32+,37-,38-,39+,40+/m1/s1. The predicted octanol–water partition coefficient (Wildman–Crippen LogP) is 5.44. The molecule has 54 heavy (non-hydrogen) atoms. The van der Waals surface area contributed by atoms with Gasteiger partial charge in [-0.2, -0.15) is 0 Å². The van der Waals surface area contributed by atoms with E-state index in [-0.39, 0.29) is 36.7 Å². The molecule has 0 saturated carbocycles. The predicted molar refractivity (Wildman–Crippen MR) is 212 cm³/mol. The van der Waals surface area contributed by atoms with E-state index in [2.05, 4.69) is 88.6 Å². The van der Waals surface area contributed by atoms with E-state index < -0.39 is 52.3 Å². The number of rotatable bonds is 11. The van der Waals surface area contributed by atoms with Gasteiger partial charge in [-0.25, -0.2) is 0 Å². The molecule has 0 unspecified atom stereocenters. The quantitative estimate of drug-likeness (QED) is 0.290. The zero-order chi connectivity index (χ0) is 38.5. The van der Waals surface area contributed by atoms with Gasteiger partial charge < -0.3 is 39.1 Å². The molecule has 12 nitrogen and oxygen atoms in total. The maximum absolute atomic E-state index is 13.7. The first-order valence-corrected chi connectivity index (χ1v) is 25.2. The number of hydrogen-bond donors (Lipinski definition) is 2. The molecule has 6 aliphatic heterocycles. The fourth-order valence-electron chi connectivity index (χ4n) is 10.7. The Kier molecular flexibility index (Phi) is 8.90. The lowest BCUT2D eigenvalue weighted by Crippen LogP contribution is -2.60. The van der Waals surface area contributed by atoms with E-state index in [1.54, 1.807) is 33.7 Å². The summed E-state index contributed by atoms with van der Waals surface area (Å²) in [5, 5.41) is 7.34. The van der Waals surface area contributed by atoms with Gasteiger partial charge in [-0.15, -0.1) is 0 Å². The molecule has 290 valence electrons. The van der Waals surface area contributed by atoms with E-state index in [9.17, 15) is 19.2 Å². The third kappa shape index (κ3) is 5.04. The van der Waals surface area contributed by atoms with Crippen molar-refractivity contribution in [2.24, 2.45) is 0 Å². The number of anilines is 2. The van der Waals surface area contributed by atoms with E-state index in [1.165, 1.54) is 0 Å². The fourth-order valence-corrected chi connectivity index (χ4v) is 16.7. The molecule has 0 radical (unpaired) electrons. The molecule has 2 N–H and O–H groups in total. The molecule has 2 aromatic carbocycles. The monoisotopic (exact) mass is 772 g/mol. The maximum atomic E-state index is 13.7. The largest absolute Gasteiger partial charge is 0.403 e. The van der Waals surface area contributed by atoms with Crippen molar-refractivity contribution < 1.29 is 28.0 Å². The SMILES string of the molecule is CC[Si](CC)(CC)O[C@]12C[C@@H]3C(=O)N(C)CC(=O)N3[C@H]1Nc1ccc(-c3ccc4c(c3)[C@@]3(O[Si](CC)(CC)CC)C[C@H]5C(=O)N(C)CC(=O)N5[C@H]3N4)cc12. The van der Waals surface area contributed by atoms with Crippen molar-refractivity contribution in [1.29, 1.82) is 0 Å². The number of benzene rings is 2. The van der Waals surface area contributed by atoms with Crippen LogP contribution in [0.25, 0.3) is 11.1 Å². The zero-order valence-electron chi connectivity index (χ0n) is 33.1. The molecule has 0 aromatic heterocycles. The van der Waals surface area contributed by atoms with Gasteiger partial charge in [0.2, 0.25) is 23.6 Å². The number of amides is 4. The molecular weight excluding hydrogens is 717 g/mol. The number of nitrogens with zero attached hydrogens (tertiary/aromatic N) is 4. The fraction of sp³-hybridized carbons (Fsp3) is 0.600. The van der Waals surface area contributed by atoms with Crippen molar-refractivity contribution in [2.75, 3.05) is 37.8 Å². The first-order chi connectivity index (χ1) is 25.8. The minimum absolute atomic E-state index is 0.0453. The summed E-state index contributed by atoms with van der Waals surface area (Å²) < 4.78 is 15.1. The van der Waals surface area contributed by atoms with Crippen LogP contribution in [-0.4, -0.2) is 111 Å². The third-order valence-electron chi connectivity index (χ3n) is 14.3. The normalized spacial score (nSPS) is 29.9. The average Bonchev–Trinajstić information content (AvgIpc) is 3.86. The minimum Gasteiger partial charge on any atom is -0.403 e. The molecule has 6 atom stereocenters. The zero-order valence-corrected chi connectivity index (χ0v) is 35.1. The molecule has 2 aromatic rings. The smallest absolute Gasteiger partial charge is 0.245 e. The molecule has 6 heterocycles. The Morgan fingerprint density at radius 3 is 1.30 bits per heavy atom. The lowest BCUT2D eigenvalue weighted by Gasteiger charge is -2.42. The topological polar surface area (TPSA) is 124 Å². The van der Waals surface area contributed by atoms with Gasteiger partial charge in [-0.3, -0.25) is 19.2 Å². The Morgan fingerprint density at radius 1 is 0.611 bits per heavy atom. The molecule has 0 aliphatic carbocycles. The van der Waals surface area contributed by atoms with Gasteiger partial charge in [0.1, 0.15) is 35.6 Å². The summed E-state index contributed by atoms with van der Waals surface area (Å²) in [6, 6.07) is 17.3. The van der Waals surface area contributed by atoms with Crippen molar-refractivity contribution in [3.63, 3.8) is 0 Å². The van der Waals surface area contributed by atoms with E-state index in [0.717, 1.165) is 69.9 Å². The number of fused-ring (bicyclic) bond motifs is 10. The van der Waals surface area contributed by atoms with Crippen molar-refractivity contribution in [3.8, 4) is 11.1 Å². The molecule has 4 amide bonds. The summed E-state index contributed by atoms with van der Waals surface area (Å²) >= 11 is 0. The highest BCUT2D eigenvalue weighted by molar-refractivity contribution is 6.74. The Hall–Kier alpha value is -3.73. The van der Waals surface area contributed by atoms with E-state index in [0.29, 0.717) is 12.8 Å². The summed E-state index contributed by atoms with van der Waals surface area (Å²) in [5.74, 6) is -0.224. The Labute approximate surface area is 321 Å². The summed E-state index contributed by atoms with van der Waals surface area (Å²) in [4.78, 5) is 61.2. The number of likely N-dealkylation sites (N-methyl/N-ethyl adjacent to an activating group) is 2. The van der Waals surface area contributed by atoms with E-state index in [1.807, 2.05) is 0 Å². The first kappa shape index (κ1) is 37.2. The maximum Gasteiger partial charge on any atom is 0.245 e. The van der Waals surface area contributed by atoms with E-state index in [4.69, 9.17) is 8.85 Å². The van der Waals surface area contributed by atoms with E-state index >= 15 is 0 Å². The van der Waals surface area contributed by atoms with Crippen molar-refractivity contribution in [2.45, 2.75) is 126 Å². The van der Waals surface area contributed by atoms with Crippen LogP contribution >= 0.6 is 0 Å². The van der Waals surface area contributed by atoms with Gasteiger partial charge in [0.15, 0.2) is 16.6 Å².